The highest BCUT2D eigenvalue weighted by Crippen LogP contribution is 2.07. The molecule has 0 saturated carbocycles. The van der Waals surface area contributed by atoms with Gasteiger partial charge in [-0.3, -0.25) is 14.9 Å². The molecule has 2 aromatic rings. The van der Waals surface area contributed by atoms with Crippen LogP contribution in [0.5, 0.6) is 0 Å². The molecule has 6 heteroatoms. The summed E-state index contributed by atoms with van der Waals surface area (Å²) < 4.78 is 5.21. The second-order valence-corrected chi connectivity index (χ2v) is 4.41. The summed E-state index contributed by atoms with van der Waals surface area (Å²) in [5.74, 6) is 1.40. The van der Waals surface area contributed by atoms with Crippen LogP contribution in [-0.2, 0) is 19.5 Å². The Labute approximate surface area is 112 Å². The Hall–Kier alpha value is -1.82. The van der Waals surface area contributed by atoms with Crippen LogP contribution in [0, 0.1) is 6.92 Å². The number of rotatable bonds is 6. The summed E-state index contributed by atoms with van der Waals surface area (Å²) in [6, 6.07) is 0. The molecule has 2 aromatic heterocycles. The average molecular weight is 261 g/mol. The molecule has 0 bridgehead atoms. The molecule has 2 rings (SSSR count). The lowest BCUT2D eigenvalue weighted by Gasteiger charge is -2.17. The normalized spacial score (nSPS) is 11.2. The first-order chi connectivity index (χ1) is 9.21. The van der Waals surface area contributed by atoms with Crippen molar-refractivity contribution in [2.24, 2.45) is 0 Å². The average Bonchev–Trinajstić information content (AvgIpc) is 2.88. The molecular formula is C13H19N5O. The number of nitrogens with zero attached hydrogens (tertiary/aromatic N) is 5. The fraction of sp³-hybridized carbons (Fsp3) is 0.538. The molecule has 0 aliphatic rings. The van der Waals surface area contributed by atoms with Crippen molar-refractivity contribution in [3.8, 4) is 0 Å². The van der Waals surface area contributed by atoms with Crippen LogP contribution in [0.3, 0.4) is 0 Å². The van der Waals surface area contributed by atoms with Crippen molar-refractivity contribution in [3.63, 3.8) is 0 Å². The summed E-state index contributed by atoms with van der Waals surface area (Å²) in [7, 11) is 0. The van der Waals surface area contributed by atoms with E-state index in [1.165, 1.54) is 0 Å². The van der Waals surface area contributed by atoms with Crippen LogP contribution < -0.4 is 0 Å². The van der Waals surface area contributed by atoms with Gasteiger partial charge in [-0.15, -0.1) is 0 Å². The summed E-state index contributed by atoms with van der Waals surface area (Å²) in [5, 5.41) is 3.90. The van der Waals surface area contributed by atoms with Gasteiger partial charge in [0.05, 0.1) is 17.9 Å². The summed E-state index contributed by atoms with van der Waals surface area (Å²) in [6.45, 7) is 8.29. The molecule has 0 aliphatic carbocycles. The molecule has 0 aliphatic heterocycles. The van der Waals surface area contributed by atoms with Crippen molar-refractivity contribution in [2.75, 3.05) is 6.54 Å². The lowest BCUT2D eigenvalue weighted by molar-refractivity contribution is 0.226. The molecule has 0 saturated heterocycles. The third-order valence-electron chi connectivity index (χ3n) is 2.85. The van der Waals surface area contributed by atoms with Gasteiger partial charge in [0.15, 0.2) is 5.82 Å². The molecule has 19 heavy (non-hydrogen) atoms. The highest BCUT2D eigenvalue weighted by atomic mass is 16.5. The van der Waals surface area contributed by atoms with E-state index in [-0.39, 0.29) is 0 Å². The minimum atomic E-state index is 0.638. The van der Waals surface area contributed by atoms with Gasteiger partial charge in [0.25, 0.3) is 0 Å². The van der Waals surface area contributed by atoms with Crippen molar-refractivity contribution in [3.05, 3.63) is 35.5 Å². The molecular weight excluding hydrogens is 242 g/mol. The topological polar surface area (TPSA) is 67.9 Å². The van der Waals surface area contributed by atoms with Gasteiger partial charge in [-0.1, -0.05) is 19.0 Å². The van der Waals surface area contributed by atoms with Crippen LogP contribution in [0.25, 0.3) is 0 Å². The van der Waals surface area contributed by atoms with Gasteiger partial charge >= 0.3 is 0 Å². The SMILES string of the molecule is CCc1noc(CN(CC)Cc2cnc(C)cn2)n1. The minimum absolute atomic E-state index is 0.638. The van der Waals surface area contributed by atoms with E-state index < -0.39 is 0 Å². The van der Waals surface area contributed by atoms with E-state index >= 15 is 0 Å². The van der Waals surface area contributed by atoms with Gasteiger partial charge < -0.3 is 4.52 Å². The van der Waals surface area contributed by atoms with E-state index in [4.69, 9.17) is 4.52 Å². The smallest absolute Gasteiger partial charge is 0.240 e. The van der Waals surface area contributed by atoms with Gasteiger partial charge in [0, 0.05) is 25.4 Å². The lowest BCUT2D eigenvalue weighted by Crippen LogP contribution is -2.23. The molecule has 6 nitrogen and oxygen atoms in total. The molecule has 0 spiro atoms. The molecule has 0 unspecified atom stereocenters. The third kappa shape index (κ3) is 3.82. The summed E-state index contributed by atoms with van der Waals surface area (Å²) in [4.78, 5) is 15.1. The Morgan fingerprint density at radius 3 is 2.58 bits per heavy atom. The van der Waals surface area contributed by atoms with E-state index in [9.17, 15) is 0 Å². The fourth-order valence-electron chi connectivity index (χ4n) is 1.70. The zero-order chi connectivity index (χ0) is 13.7. The van der Waals surface area contributed by atoms with E-state index in [0.29, 0.717) is 12.4 Å². The predicted molar refractivity (Wildman–Crippen MR) is 70.2 cm³/mol. The third-order valence-corrected chi connectivity index (χ3v) is 2.85. The first-order valence-corrected chi connectivity index (χ1v) is 6.52. The van der Waals surface area contributed by atoms with Crippen LogP contribution in [0.1, 0.15) is 37.0 Å². The minimum Gasteiger partial charge on any atom is -0.338 e. The quantitative estimate of drug-likeness (QED) is 0.789. The monoisotopic (exact) mass is 261 g/mol. The van der Waals surface area contributed by atoms with E-state index in [1.54, 1.807) is 6.20 Å². The zero-order valence-corrected chi connectivity index (χ0v) is 11.6. The molecule has 0 amide bonds. The Morgan fingerprint density at radius 1 is 1.16 bits per heavy atom. The van der Waals surface area contributed by atoms with Crippen LogP contribution in [-0.4, -0.2) is 31.6 Å². The second kappa shape index (κ2) is 6.38. The van der Waals surface area contributed by atoms with Crippen LogP contribution in [0.4, 0.5) is 0 Å². The van der Waals surface area contributed by atoms with Gasteiger partial charge in [-0.2, -0.15) is 4.98 Å². The Bertz CT molecular complexity index is 508. The largest absolute Gasteiger partial charge is 0.338 e. The molecule has 0 atom stereocenters. The standard InChI is InChI=1S/C13H19N5O/c1-4-12-16-13(19-17-12)9-18(5-2)8-11-7-14-10(3)6-15-11/h6-7H,4-5,8-9H2,1-3H3. The highest BCUT2D eigenvalue weighted by Gasteiger charge is 2.11. The first kappa shape index (κ1) is 13.6. The van der Waals surface area contributed by atoms with Gasteiger partial charge in [-0.05, 0) is 13.5 Å². The molecule has 0 aromatic carbocycles. The first-order valence-electron chi connectivity index (χ1n) is 6.52. The number of hydrogen-bond acceptors (Lipinski definition) is 6. The summed E-state index contributed by atoms with van der Waals surface area (Å²) in [5.41, 5.74) is 1.87. The molecule has 2 heterocycles. The van der Waals surface area contributed by atoms with Crippen molar-refractivity contribution >= 4 is 0 Å². The van der Waals surface area contributed by atoms with Crippen molar-refractivity contribution in [1.82, 2.24) is 25.0 Å². The fourth-order valence-corrected chi connectivity index (χ4v) is 1.70. The number of aromatic nitrogens is 4. The Balaban J connectivity index is 1.98. The summed E-state index contributed by atoms with van der Waals surface area (Å²) in [6.07, 6.45) is 4.38. The Morgan fingerprint density at radius 2 is 2.00 bits per heavy atom. The van der Waals surface area contributed by atoms with Gasteiger partial charge in [0.2, 0.25) is 5.89 Å². The predicted octanol–water partition coefficient (Wildman–Crippen LogP) is 1.75. The van der Waals surface area contributed by atoms with Crippen molar-refractivity contribution < 1.29 is 4.52 Å². The number of aryl methyl sites for hydroxylation is 2. The maximum absolute atomic E-state index is 5.21. The van der Waals surface area contributed by atoms with E-state index in [0.717, 1.165) is 36.7 Å². The lowest BCUT2D eigenvalue weighted by atomic mass is 10.3. The zero-order valence-electron chi connectivity index (χ0n) is 11.6. The Kier molecular flexibility index (Phi) is 4.57. The van der Waals surface area contributed by atoms with Crippen LogP contribution in [0.15, 0.2) is 16.9 Å². The van der Waals surface area contributed by atoms with Crippen LogP contribution in [0.2, 0.25) is 0 Å². The van der Waals surface area contributed by atoms with Gasteiger partial charge in [0.1, 0.15) is 0 Å². The molecule has 0 fully saturated rings. The molecule has 0 N–H and O–H groups in total. The summed E-state index contributed by atoms with van der Waals surface area (Å²) >= 11 is 0. The molecule has 102 valence electrons. The van der Waals surface area contributed by atoms with Crippen molar-refractivity contribution in [2.45, 2.75) is 40.3 Å². The van der Waals surface area contributed by atoms with E-state index in [1.807, 2.05) is 20.0 Å². The van der Waals surface area contributed by atoms with Crippen LogP contribution >= 0.6 is 0 Å². The molecule has 0 radical (unpaired) electrons. The second-order valence-electron chi connectivity index (χ2n) is 4.41. The maximum atomic E-state index is 5.21. The number of hydrogen-bond donors (Lipinski definition) is 0. The van der Waals surface area contributed by atoms with Gasteiger partial charge in [-0.25, -0.2) is 0 Å². The highest BCUT2D eigenvalue weighted by molar-refractivity contribution is 5.00. The van der Waals surface area contributed by atoms with E-state index in [2.05, 4.69) is 31.9 Å². The maximum Gasteiger partial charge on any atom is 0.240 e. The van der Waals surface area contributed by atoms with Crippen molar-refractivity contribution in [1.29, 1.82) is 0 Å².